The number of azo groups is 2. The van der Waals surface area contributed by atoms with E-state index in [1.165, 1.54) is 24.3 Å². The second kappa shape index (κ2) is 15.4. The molecule has 312 valence electrons. The van der Waals surface area contributed by atoms with Crippen molar-refractivity contribution in [3.8, 4) is 11.5 Å². The lowest BCUT2D eigenvalue weighted by atomic mass is 10.1. The summed E-state index contributed by atoms with van der Waals surface area (Å²) < 4.78 is 142. The third kappa shape index (κ3) is 9.06. The number of benzene rings is 6. The first-order valence-electron chi connectivity index (χ1n) is 15.9. The minimum atomic E-state index is -5.35. The Morgan fingerprint density at radius 3 is 1.20 bits per heavy atom. The molecule has 0 atom stereocenters. The standard InChI is InChI=1S/C33H26N8O15S4/c34-21-5-1-15-9-19(57(45,46)47)13-25(42)29(15)31(21)40-38-23-7-3-17(11-27(23)59(51,52)53)36-33(44)37-18-4-8-24(28(12-18)60(54,55)56)39-41-32-22(35)6-2-16-10-20(58(48,49)50)14-26(43)30(16)32/h1-14,42-43H,34-35H2,(H2,36,37,44)(H,45,46,47)(H,48,49,50)(H,51,52,53)(H,54,55,56)/p-4. The van der Waals surface area contributed by atoms with Crippen LogP contribution in [0.3, 0.4) is 0 Å². The van der Waals surface area contributed by atoms with Gasteiger partial charge in [0.25, 0.3) is 0 Å². The van der Waals surface area contributed by atoms with E-state index in [2.05, 4.69) is 31.1 Å². The predicted molar refractivity (Wildman–Crippen MR) is 206 cm³/mol. The first-order chi connectivity index (χ1) is 27.8. The molecule has 0 fully saturated rings. The summed E-state index contributed by atoms with van der Waals surface area (Å²) in [6.45, 7) is 0. The van der Waals surface area contributed by atoms with Gasteiger partial charge in [-0.05, 0) is 83.6 Å². The SMILES string of the molecule is Nc1ccc2cc(S(=O)(=O)[O-])cc(O)c2c1N=Nc1ccc(NC(=O)Nc2ccc(N=Nc3c(N)ccc4cc(S(=O)(=O)[O-])cc(O)c34)c(S(=O)(=O)[O-])c2)cc1S(=O)(=O)[O-]. The van der Waals surface area contributed by atoms with Crippen molar-refractivity contribution in [2.75, 3.05) is 22.1 Å². The molecule has 27 heteroatoms. The third-order valence-corrected chi connectivity index (χ3v) is 11.6. The maximum atomic E-state index is 12.9. The quantitative estimate of drug-likeness (QED) is 0.0618. The number of urea groups is 1. The van der Waals surface area contributed by atoms with Crippen LogP contribution in [0, 0.1) is 0 Å². The van der Waals surface area contributed by atoms with Gasteiger partial charge in [0, 0.05) is 11.4 Å². The summed E-state index contributed by atoms with van der Waals surface area (Å²) >= 11 is 0. The third-order valence-electron chi connectivity index (χ3n) is 8.22. The number of hydrogen-bond acceptors (Lipinski definition) is 21. The number of nitrogen functional groups attached to an aromatic ring is 2. The van der Waals surface area contributed by atoms with Crippen LogP contribution in [0.1, 0.15) is 0 Å². The van der Waals surface area contributed by atoms with E-state index in [4.69, 9.17) is 11.5 Å². The highest BCUT2D eigenvalue weighted by Gasteiger charge is 2.18. The van der Waals surface area contributed by atoms with Crippen molar-refractivity contribution in [3.05, 3.63) is 84.9 Å². The Bertz CT molecular complexity index is 3120. The number of carbonyl (C=O) groups is 1. The lowest BCUT2D eigenvalue weighted by molar-refractivity contribution is 0.262. The van der Waals surface area contributed by atoms with Crippen LogP contribution >= 0.6 is 0 Å². The molecule has 0 aliphatic carbocycles. The van der Waals surface area contributed by atoms with Gasteiger partial charge in [-0.15, -0.1) is 20.5 Å². The molecule has 0 aliphatic heterocycles. The zero-order valence-corrected chi connectivity index (χ0v) is 32.6. The van der Waals surface area contributed by atoms with Crippen LogP contribution in [-0.2, 0) is 40.5 Å². The fourth-order valence-corrected chi connectivity index (χ4v) is 7.91. The zero-order valence-electron chi connectivity index (χ0n) is 29.4. The van der Waals surface area contributed by atoms with Gasteiger partial charge in [-0.1, -0.05) is 12.1 Å². The van der Waals surface area contributed by atoms with Crippen LogP contribution in [0.2, 0.25) is 0 Å². The molecule has 23 nitrogen and oxygen atoms in total. The Morgan fingerprint density at radius 2 is 0.867 bits per heavy atom. The predicted octanol–water partition coefficient (Wildman–Crippen LogP) is 4.66. The highest BCUT2D eigenvalue weighted by atomic mass is 32.2. The number of nitrogens with one attached hydrogen (secondary N) is 2. The number of nitrogens with two attached hydrogens (primary N) is 2. The second-order valence-corrected chi connectivity index (χ2v) is 17.7. The molecule has 6 rings (SSSR count). The van der Waals surface area contributed by atoms with Crippen LogP contribution in [0.5, 0.6) is 11.5 Å². The number of nitrogens with zero attached hydrogens (tertiary/aromatic N) is 4. The van der Waals surface area contributed by atoms with Gasteiger partial charge in [0.05, 0.1) is 41.7 Å². The monoisotopic (exact) mass is 898 g/mol. The maximum absolute atomic E-state index is 12.9. The molecule has 0 radical (unpaired) electrons. The molecular weight excluding hydrogens is 877 g/mol. The lowest BCUT2D eigenvalue weighted by Gasteiger charge is -2.15. The highest BCUT2D eigenvalue weighted by molar-refractivity contribution is 7.86. The first kappa shape index (κ1) is 42.7. The number of carbonyl (C=O) groups excluding carboxylic acids is 1. The molecule has 2 amide bonds. The minimum absolute atomic E-state index is 0.0134. The van der Waals surface area contributed by atoms with Gasteiger partial charge in [0.1, 0.15) is 74.7 Å². The Hall–Kier alpha value is -6.85. The largest absolute Gasteiger partial charge is 0.744 e. The van der Waals surface area contributed by atoms with Crippen molar-refractivity contribution in [3.63, 3.8) is 0 Å². The van der Waals surface area contributed by atoms with Crippen molar-refractivity contribution >= 4 is 114 Å². The van der Waals surface area contributed by atoms with E-state index in [9.17, 15) is 66.9 Å². The highest BCUT2D eigenvalue weighted by Crippen LogP contribution is 2.42. The molecule has 0 saturated carbocycles. The molecular formula is C33H22N8O15S4-4. The summed E-state index contributed by atoms with van der Waals surface area (Å²) in [6.07, 6.45) is 0. The summed E-state index contributed by atoms with van der Waals surface area (Å²) in [5, 5.41) is 40.2. The van der Waals surface area contributed by atoms with Crippen molar-refractivity contribution < 1.29 is 66.9 Å². The lowest BCUT2D eigenvalue weighted by Crippen LogP contribution is -2.19. The van der Waals surface area contributed by atoms with Gasteiger partial charge >= 0.3 is 6.03 Å². The average Bonchev–Trinajstić information content (AvgIpc) is 3.13. The molecule has 0 heterocycles. The molecule has 8 N–H and O–H groups in total. The van der Waals surface area contributed by atoms with Crippen LogP contribution < -0.4 is 22.1 Å². The number of hydrogen-bond donors (Lipinski definition) is 6. The number of rotatable bonds is 10. The molecule has 6 aromatic rings. The summed E-state index contributed by atoms with van der Waals surface area (Å²) in [7, 11) is -20.7. The summed E-state index contributed by atoms with van der Waals surface area (Å²) in [4.78, 5) is 9.34. The summed E-state index contributed by atoms with van der Waals surface area (Å²) in [5.74, 6) is -1.48. The van der Waals surface area contributed by atoms with Gasteiger partial charge < -0.3 is 50.5 Å². The normalized spacial score (nSPS) is 12.7. The first-order valence-corrected chi connectivity index (χ1v) is 21.6. The second-order valence-electron chi connectivity index (χ2n) is 12.2. The summed E-state index contributed by atoms with van der Waals surface area (Å²) in [5.41, 5.74) is 9.22. The van der Waals surface area contributed by atoms with Crippen molar-refractivity contribution in [1.29, 1.82) is 0 Å². The fraction of sp³-hybridized carbons (Fsp3) is 0. The van der Waals surface area contributed by atoms with E-state index in [-0.39, 0.29) is 55.7 Å². The molecule has 0 spiro atoms. The Kier molecular flexibility index (Phi) is 11.0. The molecule has 60 heavy (non-hydrogen) atoms. The Balaban J connectivity index is 1.27. The average molecular weight is 899 g/mol. The van der Waals surface area contributed by atoms with E-state index in [1.54, 1.807) is 0 Å². The Labute approximate surface area is 337 Å². The van der Waals surface area contributed by atoms with Crippen LogP contribution in [-0.4, -0.2) is 68.1 Å². The number of amides is 2. The Morgan fingerprint density at radius 1 is 0.500 bits per heavy atom. The number of fused-ring (bicyclic) bond motifs is 2. The fourth-order valence-electron chi connectivity index (χ4n) is 5.58. The number of aromatic hydroxyl groups is 2. The molecule has 0 aromatic heterocycles. The van der Waals surface area contributed by atoms with Gasteiger partial charge in [0.2, 0.25) is 0 Å². The maximum Gasteiger partial charge on any atom is 0.323 e. The van der Waals surface area contributed by atoms with Crippen molar-refractivity contribution in [1.82, 2.24) is 0 Å². The molecule has 0 aliphatic rings. The van der Waals surface area contributed by atoms with Gasteiger partial charge in [-0.25, -0.2) is 38.5 Å². The minimum Gasteiger partial charge on any atom is -0.744 e. The number of phenols is 2. The van der Waals surface area contributed by atoms with Crippen LogP contribution in [0.4, 0.5) is 50.3 Å². The van der Waals surface area contributed by atoms with E-state index in [0.717, 1.165) is 36.4 Å². The van der Waals surface area contributed by atoms with E-state index in [1.807, 2.05) is 0 Å². The van der Waals surface area contributed by atoms with Gasteiger partial charge in [0.15, 0.2) is 0 Å². The van der Waals surface area contributed by atoms with Gasteiger partial charge in [-0.2, -0.15) is 0 Å². The summed E-state index contributed by atoms with van der Waals surface area (Å²) in [6, 6.07) is 12.4. The molecule has 0 unspecified atom stereocenters. The van der Waals surface area contributed by atoms with Crippen molar-refractivity contribution in [2.24, 2.45) is 20.5 Å². The number of anilines is 4. The smallest absolute Gasteiger partial charge is 0.323 e. The van der Waals surface area contributed by atoms with E-state index in [0.29, 0.717) is 24.3 Å². The zero-order chi connectivity index (χ0) is 44.1. The molecule has 6 aromatic carbocycles. The topological polar surface area (TPSA) is 412 Å². The molecule has 0 bridgehead atoms. The number of phenolic OH excluding ortho intramolecular Hbond substituents is 2. The van der Waals surface area contributed by atoms with Gasteiger partial charge in [-0.3, -0.25) is 0 Å². The van der Waals surface area contributed by atoms with Crippen LogP contribution in [0.25, 0.3) is 21.5 Å². The van der Waals surface area contributed by atoms with Crippen LogP contribution in [0.15, 0.2) is 125 Å². The van der Waals surface area contributed by atoms with E-state index >= 15 is 0 Å². The molecule has 0 saturated heterocycles. The van der Waals surface area contributed by atoms with E-state index < -0.39 is 89.0 Å². The van der Waals surface area contributed by atoms with Crippen molar-refractivity contribution in [2.45, 2.75) is 19.6 Å².